The van der Waals surface area contributed by atoms with Gasteiger partial charge in [0.05, 0.1) is 24.9 Å². The van der Waals surface area contributed by atoms with Crippen LogP contribution < -0.4 is 0 Å². The zero-order valence-electron chi connectivity index (χ0n) is 14.8. The number of ether oxygens (including phenoxy) is 2. The lowest BCUT2D eigenvalue weighted by molar-refractivity contribution is -0.0546. The molecule has 2 atom stereocenters. The molecular formula is C20H26N2O2S. The van der Waals surface area contributed by atoms with E-state index >= 15 is 0 Å². The molecule has 0 unspecified atom stereocenters. The predicted octanol–water partition coefficient (Wildman–Crippen LogP) is 3.79. The molecule has 134 valence electrons. The lowest BCUT2D eigenvalue weighted by Crippen LogP contribution is -2.47. The Bertz CT molecular complexity index is 690. The fourth-order valence-electron chi connectivity index (χ4n) is 4.00. The summed E-state index contributed by atoms with van der Waals surface area (Å²) in [7, 11) is 0. The third-order valence-electron chi connectivity index (χ3n) is 5.20. The van der Waals surface area contributed by atoms with E-state index in [-0.39, 0.29) is 11.7 Å². The van der Waals surface area contributed by atoms with E-state index in [1.165, 1.54) is 28.3 Å². The quantitative estimate of drug-likeness (QED) is 0.814. The van der Waals surface area contributed by atoms with Crippen molar-refractivity contribution in [3.8, 4) is 0 Å². The van der Waals surface area contributed by atoms with Crippen molar-refractivity contribution < 1.29 is 9.47 Å². The van der Waals surface area contributed by atoms with E-state index in [0.29, 0.717) is 6.61 Å². The molecule has 0 N–H and O–H groups in total. The van der Waals surface area contributed by atoms with Crippen molar-refractivity contribution in [3.63, 3.8) is 0 Å². The van der Waals surface area contributed by atoms with Gasteiger partial charge in [0.25, 0.3) is 0 Å². The molecule has 2 aliphatic rings. The minimum Gasteiger partial charge on any atom is -0.371 e. The van der Waals surface area contributed by atoms with Gasteiger partial charge in [-0.25, -0.2) is 0 Å². The number of thiophene rings is 1. The Morgan fingerprint density at radius 1 is 1.32 bits per heavy atom. The van der Waals surface area contributed by atoms with E-state index in [1.807, 2.05) is 35.9 Å². The number of nitrogens with zero attached hydrogens (tertiary/aromatic N) is 2. The number of hydrogen-bond acceptors (Lipinski definition) is 5. The second-order valence-electron chi connectivity index (χ2n) is 7.31. The van der Waals surface area contributed by atoms with Crippen molar-refractivity contribution in [1.29, 1.82) is 0 Å². The van der Waals surface area contributed by atoms with Crippen molar-refractivity contribution in [2.45, 2.75) is 51.0 Å². The lowest BCUT2D eigenvalue weighted by Gasteiger charge is -2.39. The molecule has 4 heterocycles. The monoisotopic (exact) mass is 358 g/mol. The highest BCUT2D eigenvalue weighted by Crippen LogP contribution is 2.36. The molecule has 5 heteroatoms. The molecule has 0 saturated carbocycles. The van der Waals surface area contributed by atoms with Gasteiger partial charge in [-0.05, 0) is 56.1 Å². The summed E-state index contributed by atoms with van der Waals surface area (Å²) in [6.45, 7) is 6.79. The number of piperidine rings is 1. The van der Waals surface area contributed by atoms with E-state index in [4.69, 9.17) is 9.47 Å². The van der Waals surface area contributed by atoms with Gasteiger partial charge in [-0.15, -0.1) is 11.3 Å². The Morgan fingerprint density at radius 3 is 3.00 bits per heavy atom. The fourth-order valence-corrected chi connectivity index (χ4v) is 4.94. The molecule has 1 spiro atoms. The minimum absolute atomic E-state index is 0.00648. The minimum atomic E-state index is -0.00648. The molecule has 0 radical (unpaired) electrons. The highest BCUT2D eigenvalue weighted by atomic mass is 32.1. The SMILES string of the molecule is Cc1ccc(CN2CCC[C@]3(C[C@@H](OCc4ccncc4)CO3)C2)s1. The van der Waals surface area contributed by atoms with Crippen LogP contribution in [-0.2, 0) is 22.6 Å². The van der Waals surface area contributed by atoms with Gasteiger partial charge >= 0.3 is 0 Å². The number of pyridine rings is 1. The maximum atomic E-state index is 6.28. The Morgan fingerprint density at radius 2 is 2.20 bits per heavy atom. The van der Waals surface area contributed by atoms with Crippen LogP contribution >= 0.6 is 11.3 Å². The molecule has 2 fully saturated rings. The number of hydrogen-bond donors (Lipinski definition) is 0. The molecule has 4 nitrogen and oxygen atoms in total. The van der Waals surface area contributed by atoms with Gasteiger partial charge in [-0.2, -0.15) is 0 Å². The second-order valence-corrected chi connectivity index (χ2v) is 8.69. The van der Waals surface area contributed by atoms with Gasteiger partial charge in [0, 0.05) is 41.7 Å². The first-order valence-electron chi connectivity index (χ1n) is 9.13. The van der Waals surface area contributed by atoms with Crippen LogP contribution in [0.5, 0.6) is 0 Å². The summed E-state index contributed by atoms with van der Waals surface area (Å²) in [6.07, 6.45) is 7.21. The largest absolute Gasteiger partial charge is 0.371 e. The standard InChI is InChI=1S/C20H26N2O2S/c1-16-3-4-19(25-16)12-22-10-2-7-20(15-22)11-18(14-24-20)23-13-17-5-8-21-9-6-17/h3-6,8-9,18H,2,7,10-15H2,1H3/t18-,20+/m1/s1. The highest BCUT2D eigenvalue weighted by Gasteiger charge is 2.43. The average Bonchev–Trinajstić information content (AvgIpc) is 3.20. The summed E-state index contributed by atoms with van der Waals surface area (Å²) in [6, 6.07) is 8.50. The molecule has 0 bridgehead atoms. The molecule has 0 amide bonds. The Kier molecular flexibility index (Phi) is 5.17. The van der Waals surface area contributed by atoms with Gasteiger partial charge in [0.2, 0.25) is 0 Å². The van der Waals surface area contributed by atoms with Crippen LogP contribution in [0.25, 0.3) is 0 Å². The van der Waals surface area contributed by atoms with Gasteiger partial charge in [-0.3, -0.25) is 9.88 Å². The van der Waals surface area contributed by atoms with E-state index in [0.717, 1.165) is 32.5 Å². The van der Waals surface area contributed by atoms with E-state index < -0.39 is 0 Å². The van der Waals surface area contributed by atoms with Crippen molar-refractivity contribution in [2.75, 3.05) is 19.7 Å². The zero-order chi connectivity index (χ0) is 17.1. The van der Waals surface area contributed by atoms with Crippen molar-refractivity contribution >= 4 is 11.3 Å². The van der Waals surface area contributed by atoms with Crippen LogP contribution in [0.2, 0.25) is 0 Å². The molecule has 0 aromatic carbocycles. The first kappa shape index (κ1) is 17.2. The van der Waals surface area contributed by atoms with Crippen LogP contribution in [0.4, 0.5) is 0 Å². The van der Waals surface area contributed by atoms with Crippen LogP contribution in [0.15, 0.2) is 36.7 Å². The number of aromatic nitrogens is 1. The summed E-state index contributed by atoms with van der Waals surface area (Å²) in [4.78, 5) is 9.46. The van der Waals surface area contributed by atoms with Crippen LogP contribution in [-0.4, -0.2) is 41.3 Å². The van der Waals surface area contributed by atoms with Crippen molar-refractivity contribution in [1.82, 2.24) is 9.88 Å². The maximum Gasteiger partial charge on any atom is 0.0841 e. The van der Waals surface area contributed by atoms with Gasteiger partial charge in [0.1, 0.15) is 0 Å². The van der Waals surface area contributed by atoms with E-state index in [2.05, 4.69) is 28.9 Å². The first-order valence-corrected chi connectivity index (χ1v) is 9.95. The summed E-state index contributed by atoms with van der Waals surface area (Å²) in [5, 5.41) is 0. The fraction of sp³-hybridized carbons (Fsp3) is 0.550. The number of likely N-dealkylation sites (tertiary alicyclic amines) is 1. The Balaban J connectivity index is 1.31. The van der Waals surface area contributed by atoms with Gasteiger partial charge < -0.3 is 9.47 Å². The van der Waals surface area contributed by atoms with Crippen LogP contribution in [0.3, 0.4) is 0 Å². The molecule has 0 aliphatic carbocycles. The Hall–Kier alpha value is -1.27. The van der Waals surface area contributed by atoms with Crippen LogP contribution in [0, 0.1) is 6.92 Å². The number of aryl methyl sites for hydroxylation is 1. The van der Waals surface area contributed by atoms with Crippen LogP contribution in [0.1, 0.15) is 34.6 Å². The summed E-state index contributed by atoms with van der Waals surface area (Å²) in [5.74, 6) is 0. The molecule has 2 aromatic heterocycles. The first-order chi connectivity index (χ1) is 12.2. The average molecular weight is 359 g/mol. The molecular weight excluding hydrogens is 332 g/mol. The van der Waals surface area contributed by atoms with Gasteiger partial charge in [-0.1, -0.05) is 0 Å². The third-order valence-corrected chi connectivity index (χ3v) is 6.19. The summed E-state index contributed by atoms with van der Waals surface area (Å²) < 4.78 is 12.4. The third kappa shape index (κ3) is 4.29. The van der Waals surface area contributed by atoms with Crippen molar-refractivity contribution in [3.05, 3.63) is 52.0 Å². The van der Waals surface area contributed by atoms with E-state index in [1.54, 1.807) is 0 Å². The van der Waals surface area contributed by atoms with Crippen molar-refractivity contribution in [2.24, 2.45) is 0 Å². The summed E-state index contributed by atoms with van der Waals surface area (Å²) >= 11 is 1.91. The van der Waals surface area contributed by atoms with Gasteiger partial charge in [0.15, 0.2) is 0 Å². The maximum absolute atomic E-state index is 6.28. The second kappa shape index (κ2) is 7.54. The topological polar surface area (TPSA) is 34.6 Å². The Labute approximate surface area is 153 Å². The number of rotatable bonds is 5. The van der Waals surface area contributed by atoms with E-state index in [9.17, 15) is 0 Å². The normalized spacial score (nSPS) is 27.2. The molecule has 2 aromatic rings. The smallest absolute Gasteiger partial charge is 0.0841 e. The molecule has 2 saturated heterocycles. The predicted molar refractivity (Wildman–Crippen MR) is 99.7 cm³/mol. The molecule has 2 aliphatic heterocycles. The molecule has 4 rings (SSSR count). The lowest BCUT2D eigenvalue weighted by atomic mass is 9.89. The molecule has 25 heavy (non-hydrogen) atoms. The highest BCUT2D eigenvalue weighted by molar-refractivity contribution is 7.11. The summed E-state index contributed by atoms with van der Waals surface area (Å²) in [5.41, 5.74) is 1.17. The zero-order valence-corrected chi connectivity index (χ0v) is 15.6.